The second kappa shape index (κ2) is 14.6. The first-order valence-corrected chi connectivity index (χ1v) is 13.0. The number of hydrogen-bond acceptors (Lipinski definition) is 14. The van der Waals surface area contributed by atoms with Crippen LogP contribution >= 0.6 is 0 Å². The number of aliphatic hydroxyl groups excluding tert-OH is 2. The van der Waals surface area contributed by atoms with E-state index < -0.39 is 65.1 Å². The third kappa shape index (κ3) is 7.64. The van der Waals surface area contributed by atoms with Crippen LogP contribution in [-0.2, 0) is 47.7 Å². The SMILES string of the molecule is CC(=O)N[C@H]1[C@H](OCCOCCOCC(=O)N2CC(CO)(CO)C2)O[C@H](COC(C)=O)[C@@](O)(C(C)=O)[C@@]1(O)C(C)=O. The zero-order chi connectivity index (χ0) is 31.0. The van der Waals surface area contributed by atoms with Crippen LogP contribution < -0.4 is 5.32 Å². The molecule has 0 aromatic carbocycles. The monoisotopic (exact) mass is 592 g/mol. The molecule has 0 saturated carbocycles. The van der Waals surface area contributed by atoms with Crippen LogP contribution in [0.15, 0.2) is 0 Å². The van der Waals surface area contributed by atoms with Gasteiger partial charge < -0.3 is 54.3 Å². The van der Waals surface area contributed by atoms with Gasteiger partial charge >= 0.3 is 5.97 Å². The quantitative estimate of drug-likeness (QED) is 0.0858. The van der Waals surface area contributed by atoms with Crippen molar-refractivity contribution in [2.45, 2.75) is 57.3 Å². The lowest BCUT2D eigenvalue weighted by atomic mass is 9.67. The Balaban J connectivity index is 1.94. The van der Waals surface area contributed by atoms with Crippen LogP contribution in [0, 0.1) is 5.41 Å². The Morgan fingerprint density at radius 3 is 1.95 bits per heavy atom. The molecule has 5 N–H and O–H groups in total. The van der Waals surface area contributed by atoms with E-state index in [0.29, 0.717) is 0 Å². The van der Waals surface area contributed by atoms with E-state index in [2.05, 4.69) is 5.32 Å². The number of nitrogens with one attached hydrogen (secondary N) is 1. The van der Waals surface area contributed by atoms with Crippen molar-refractivity contribution in [2.75, 3.05) is 65.9 Å². The molecule has 5 atom stereocenters. The van der Waals surface area contributed by atoms with Gasteiger partial charge in [-0.25, -0.2) is 0 Å². The van der Waals surface area contributed by atoms with E-state index in [0.717, 1.165) is 27.7 Å². The number of esters is 1. The third-order valence-corrected chi connectivity index (χ3v) is 7.12. The highest BCUT2D eigenvalue weighted by Crippen LogP contribution is 2.40. The summed E-state index contributed by atoms with van der Waals surface area (Å²) in [6.45, 7) is 2.94. The van der Waals surface area contributed by atoms with Crippen LogP contribution in [0.25, 0.3) is 0 Å². The maximum atomic E-state index is 12.7. The first-order chi connectivity index (χ1) is 19.2. The summed E-state index contributed by atoms with van der Waals surface area (Å²) < 4.78 is 26.8. The van der Waals surface area contributed by atoms with Crippen LogP contribution in [-0.4, -0.2) is 150 Å². The van der Waals surface area contributed by atoms with E-state index in [4.69, 9.17) is 23.7 Å². The van der Waals surface area contributed by atoms with Crippen molar-refractivity contribution < 1.29 is 68.1 Å². The summed E-state index contributed by atoms with van der Waals surface area (Å²) in [7, 11) is 0. The van der Waals surface area contributed by atoms with Crippen LogP contribution in [0.5, 0.6) is 0 Å². The van der Waals surface area contributed by atoms with Gasteiger partial charge in [-0.15, -0.1) is 0 Å². The Hall–Kier alpha value is -2.57. The van der Waals surface area contributed by atoms with Crippen molar-refractivity contribution in [3.8, 4) is 0 Å². The molecule has 0 radical (unpaired) electrons. The number of hydrogen-bond donors (Lipinski definition) is 5. The lowest BCUT2D eigenvalue weighted by Gasteiger charge is -2.54. The van der Waals surface area contributed by atoms with Crippen LogP contribution in [0.4, 0.5) is 0 Å². The maximum absolute atomic E-state index is 12.7. The maximum Gasteiger partial charge on any atom is 0.302 e. The molecule has 0 aliphatic carbocycles. The lowest BCUT2D eigenvalue weighted by Crippen LogP contribution is -2.82. The Morgan fingerprint density at radius 1 is 0.878 bits per heavy atom. The van der Waals surface area contributed by atoms with Gasteiger partial charge in [0.25, 0.3) is 0 Å². The first kappa shape index (κ1) is 34.6. The molecule has 16 heteroatoms. The van der Waals surface area contributed by atoms with Gasteiger partial charge in [0.2, 0.25) is 11.8 Å². The fraction of sp³-hybridized carbons (Fsp3) is 0.800. The zero-order valence-electron chi connectivity index (χ0n) is 23.6. The predicted molar refractivity (Wildman–Crippen MR) is 135 cm³/mol. The van der Waals surface area contributed by atoms with Gasteiger partial charge in [-0.05, 0) is 13.8 Å². The molecule has 0 bridgehead atoms. The molecule has 2 amide bonds. The Kier molecular flexibility index (Phi) is 12.3. The third-order valence-electron chi connectivity index (χ3n) is 7.12. The number of rotatable bonds is 16. The molecule has 16 nitrogen and oxygen atoms in total. The van der Waals surface area contributed by atoms with E-state index in [1.54, 1.807) is 0 Å². The Bertz CT molecular complexity index is 964. The minimum Gasteiger partial charge on any atom is -0.463 e. The van der Waals surface area contributed by atoms with Crippen molar-refractivity contribution in [3.63, 3.8) is 0 Å². The highest BCUT2D eigenvalue weighted by molar-refractivity contribution is 5.99. The average Bonchev–Trinajstić information content (AvgIpc) is 2.88. The van der Waals surface area contributed by atoms with E-state index in [-0.39, 0.29) is 65.2 Å². The zero-order valence-corrected chi connectivity index (χ0v) is 23.6. The summed E-state index contributed by atoms with van der Waals surface area (Å²) in [5, 5.41) is 43.7. The van der Waals surface area contributed by atoms with Gasteiger partial charge in [0.05, 0.1) is 45.1 Å². The molecule has 2 aliphatic rings. The topological polar surface area (TPSA) is 228 Å². The van der Waals surface area contributed by atoms with Crippen LogP contribution in [0.1, 0.15) is 27.7 Å². The number of likely N-dealkylation sites (tertiary alicyclic amines) is 1. The molecular formula is C25H40N2O14. The lowest BCUT2D eigenvalue weighted by molar-refractivity contribution is -0.317. The van der Waals surface area contributed by atoms with E-state index >= 15 is 0 Å². The molecule has 41 heavy (non-hydrogen) atoms. The van der Waals surface area contributed by atoms with Gasteiger partial charge in [-0.1, -0.05) is 0 Å². The fourth-order valence-electron chi connectivity index (χ4n) is 4.76. The molecule has 2 saturated heterocycles. The average molecular weight is 593 g/mol. The molecule has 2 fully saturated rings. The standard InChI is InChI=1S/C25H40N2O14/c1-15(30)24(35)19(9-40-18(4)33)41-22(21(26-17(3)32)25(24,36)16(2)31)39-8-7-37-5-6-38-10-20(34)27-11-23(12-27,13-28)14-29/h19,21-22,28-29,35-36H,5-14H2,1-4H3,(H,26,32)/t19-,21+,22-,24+,25-/m1/s1. The number of amides is 2. The number of ether oxygens (including phenoxy) is 5. The van der Waals surface area contributed by atoms with Gasteiger partial charge in [0, 0.05) is 26.9 Å². The minimum atomic E-state index is -2.91. The molecule has 0 aromatic heterocycles. The molecule has 2 heterocycles. The van der Waals surface area contributed by atoms with Crippen molar-refractivity contribution in [1.82, 2.24) is 10.2 Å². The molecular weight excluding hydrogens is 552 g/mol. The normalized spacial score (nSPS) is 28.9. The highest BCUT2D eigenvalue weighted by Gasteiger charge is 2.70. The second-order valence-electron chi connectivity index (χ2n) is 10.2. The molecule has 0 spiro atoms. The highest BCUT2D eigenvalue weighted by atomic mass is 16.7. The molecule has 2 rings (SSSR count). The Morgan fingerprint density at radius 2 is 1.44 bits per heavy atom. The van der Waals surface area contributed by atoms with Gasteiger partial charge in [0.15, 0.2) is 29.1 Å². The number of aliphatic hydroxyl groups is 4. The first-order valence-electron chi connectivity index (χ1n) is 13.0. The summed E-state index contributed by atoms with van der Waals surface area (Å²) in [6, 6.07) is -1.73. The van der Waals surface area contributed by atoms with Crippen molar-refractivity contribution in [2.24, 2.45) is 5.41 Å². The van der Waals surface area contributed by atoms with Crippen molar-refractivity contribution >= 4 is 29.4 Å². The van der Waals surface area contributed by atoms with Crippen LogP contribution in [0.3, 0.4) is 0 Å². The number of Topliss-reactive ketones (excluding diaryl/α,β-unsaturated/α-hetero) is 2. The summed E-state index contributed by atoms with van der Waals surface area (Å²) in [6.07, 6.45) is -3.31. The van der Waals surface area contributed by atoms with Crippen molar-refractivity contribution in [1.29, 1.82) is 0 Å². The van der Waals surface area contributed by atoms with Gasteiger partial charge in [0.1, 0.15) is 25.4 Å². The largest absolute Gasteiger partial charge is 0.463 e. The van der Waals surface area contributed by atoms with Gasteiger partial charge in [-0.3, -0.25) is 24.0 Å². The van der Waals surface area contributed by atoms with Crippen LogP contribution in [0.2, 0.25) is 0 Å². The summed E-state index contributed by atoms with van der Waals surface area (Å²) in [5.74, 6) is -3.94. The number of carbonyl (C=O) groups excluding carboxylic acids is 5. The van der Waals surface area contributed by atoms with E-state index in [1.165, 1.54) is 4.90 Å². The molecule has 0 unspecified atom stereocenters. The summed E-state index contributed by atoms with van der Waals surface area (Å²) >= 11 is 0. The number of nitrogens with zero attached hydrogens (tertiary/aromatic N) is 1. The van der Waals surface area contributed by atoms with E-state index in [1.807, 2.05) is 0 Å². The van der Waals surface area contributed by atoms with Crippen molar-refractivity contribution in [3.05, 3.63) is 0 Å². The number of carbonyl (C=O) groups is 5. The molecule has 2 aliphatic heterocycles. The molecule has 234 valence electrons. The minimum absolute atomic E-state index is 0.0549. The number of ketones is 2. The smallest absolute Gasteiger partial charge is 0.302 e. The fourth-order valence-corrected chi connectivity index (χ4v) is 4.76. The van der Waals surface area contributed by atoms with Gasteiger partial charge in [-0.2, -0.15) is 0 Å². The second-order valence-corrected chi connectivity index (χ2v) is 10.2. The predicted octanol–water partition coefficient (Wildman–Crippen LogP) is -3.72. The Labute approximate surface area is 236 Å². The van der Waals surface area contributed by atoms with E-state index in [9.17, 15) is 44.4 Å². The summed E-state index contributed by atoms with van der Waals surface area (Å²) in [5.41, 5.74) is -6.49. The molecule has 0 aromatic rings. The summed E-state index contributed by atoms with van der Waals surface area (Å²) in [4.78, 5) is 62.1.